The van der Waals surface area contributed by atoms with Gasteiger partial charge in [0, 0.05) is 38.2 Å². The van der Waals surface area contributed by atoms with E-state index in [0.717, 1.165) is 31.8 Å². The van der Waals surface area contributed by atoms with Crippen molar-refractivity contribution in [3.63, 3.8) is 0 Å². The fourth-order valence-corrected chi connectivity index (χ4v) is 2.85. The standard InChI is InChI=1S/C19H28N2O2/c1-3-5-9-17-15-21(13-11-19(22)20-12-4-2)14-16-8-6-7-10-18(16)23-17/h4,6-8,10,17H,2-3,5,9,11-15H2,1H3,(H,20,22). The number of para-hydroxylation sites is 1. The highest BCUT2D eigenvalue weighted by molar-refractivity contribution is 5.76. The molecule has 0 radical (unpaired) electrons. The van der Waals surface area contributed by atoms with E-state index in [-0.39, 0.29) is 12.0 Å². The number of hydrogen-bond donors (Lipinski definition) is 1. The Labute approximate surface area is 139 Å². The molecule has 0 fully saturated rings. The maximum Gasteiger partial charge on any atom is 0.221 e. The molecule has 4 nitrogen and oxygen atoms in total. The van der Waals surface area contributed by atoms with Crippen LogP contribution in [0.1, 0.15) is 38.2 Å². The van der Waals surface area contributed by atoms with E-state index in [1.807, 2.05) is 12.1 Å². The SMILES string of the molecule is C=CCNC(=O)CCN1Cc2ccccc2OC(CCCC)C1. The summed E-state index contributed by atoms with van der Waals surface area (Å²) >= 11 is 0. The third-order valence-corrected chi connectivity index (χ3v) is 4.10. The minimum Gasteiger partial charge on any atom is -0.489 e. The van der Waals surface area contributed by atoms with Crippen molar-refractivity contribution in [1.82, 2.24) is 10.2 Å². The van der Waals surface area contributed by atoms with Gasteiger partial charge in [-0.15, -0.1) is 6.58 Å². The molecule has 0 aliphatic carbocycles. The van der Waals surface area contributed by atoms with E-state index in [2.05, 4.69) is 35.9 Å². The zero-order valence-corrected chi connectivity index (χ0v) is 14.1. The van der Waals surface area contributed by atoms with Crippen molar-refractivity contribution in [1.29, 1.82) is 0 Å². The van der Waals surface area contributed by atoms with Crippen molar-refractivity contribution in [2.45, 2.75) is 45.3 Å². The highest BCUT2D eigenvalue weighted by Gasteiger charge is 2.22. The van der Waals surface area contributed by atoms with Gasteiger partial charge in [0.15, 0.2) is 0 Å². The fourth-order valence-electron chi connectivity index (χ4n) is 2.85. The lowest BCUT2D eigenvalue weighted by atomic mass is 10.1. The number of ether oxygens (including phenoxy) is 1. The molecule has 1 N–H and O–H groups in total. The second-order valence-corrected chi connectivity index (χ2v) is 6.07. The molecule has 1 amide bonds. The Morgan fingerprint density at radius 1 is 1.48 bits per heavy atom. The lowest BCUT2D eigenvalue weighted by Crippen LogP contribution is -2.36. The Bertz CT molecular complexity index is 516. The second kappa shape index (κ2) is 9.36. The van der Waals surface area contributed by atoms with Crippen LogP contribution in [0.2, 0.25) is 0 Å². The smallest absolute Gasteiger partial charge is 0.221 e. The zero-order valence-electron chi connectivity index (χ0n) is 14.1. The largest absolute Gasteiger partial charge is 0.489 e. The summed E-state index contributed by atoms with van der Waals surface area (Å²) in [7, 11) is 0. The lowest BCUT2D eigenvalue weighted by Gasteiger charge is -2.23. The van der Waals surface area contributed by atoms with Crippen molar-refractivity contribution in [2.75, 3.05) is 19.6 Å². The van der Waals surface area contributed by atoms with Crippen molar-refractivity contribution in [3.05, 3.63) is 42.5 Å². The molecule has 126 valence electrons. The van der Waals surface area contributed by atoms with Gasteiger partial charge in [-0.2, -0.15) is 0 Å². The molecule has 1 heterocycles. The first-order chi connectivity index (χ1) is 11.2. The van der Waals surface area contributed by atoms with E-state index < -0.39 is 0 Å². The number of nitrogens with one attached hydrogen (secondary N) is 1. The number of hydrogen-bond acceptors (Lipinski definition) is 3. The van der Waals surface area contributed by atoms with Crippen LogP contribution in [0.5, 0.6) is 5.75 Å². The molecule has 1 unspecified atom stereocenters. The van der Waals surface area contributed by atoms with E-state index >= 15 is 0 Å². The number of unbranched alkanes of at least 4 members (excludes halogenated alkanes) is 1. The average molecular weight is 316 g/mol. The van der Waals surface area contributed by atoms with Gasteiger partial charge >= 0.3 is 0 Å². The number of fused-ring (bicyclic) bond motifs is 1. The summed E-state index contributed by atoms with van der Waals surface area (Å²) in [5, 5.41) is 2.84. The number of carbonyl (C=O) groups excluding carboxylic acids is 1. The highest BCUT2D eigenvalue weighted by atomic mass is 16.5. The number of nitrogens with zero attached hydrogens (tertiary/aromatic N) is 1. The van der Waals surface area contributed by atoms with Crippen molar-refractivity contribution in [3.8, 4) is 5.75 Å². The Morgan fingerprint density at radius 2 is 2.30 bits per heavy atom. The van der Waals surface area contributed by atoms with Gasteiger partial charge in [-0.05, 0) is 18.9 Å². The van der Waals surface area contributed by atoms with Gasteiger partial charge in [0.25, 0.3) is 0 Å². The van der Waals surface area contributed by atoms with Crippen LogP contribution in [0.3, 0.4) is 0 Å². The van der Waals surface area contributed by atoms with Gasteiger partial charge in [-0.1, -0.05) is 37.6 Å². The molecule has 4 heteroatoms. The molecule has 23 heavy (non-hydrogen) atoms. The monoisotopic (exact) mass is 316 g/mol. The lowest BCUT2D eigenvalue weighted by molar-refractivity contribution is -0.121. The van der Waals surface area contributed by atoms with E-state index in [1.165, 1.54) is 18.4 Å². The molecule has 1 aliphatic rings. The molecule has 1 aliphatic heterocycles. The van der Waals surface area contributed by atoms with Gasteiger partial charge in [0.2, 0.25) is 5.91 Å². The summed E-state index contributed by atoms with van der Waals surface area (Å²) in [6, 6.07) is 8.23. The van der Waals surface area contributed by atoms with Gasteiger partial charge in [-0.25, -0.2) is 0 Å². The molecule has 0 bridgehead atoms. The van der Waals surface area contributed by atoms with E-state index in [9.17, 15) is 4.79 Å². The van der Waals surface area contributed by atoms with Gasteiger partial charge in [0.1, 0.15) is 11.9 Å². The summed E-state index contributed by atoms with van der Waals surface area (Å²) in [4.78, 5) is 14.1. The van der Waals surface area contributed by atoms with Crippen LogP contribution in [0.25, 0.3) is 0 Å². The first kappa shape index (κ1) is 17.5. The van der Waals surface area contributed by atoms with E-state index in [1.54, 1.807) is 6.08 Å². The predicted octanol–water partition coefficient (Wildman–Crippen LogP) is 3.13. The van der Waals surface area contributed by atoms with Crippen molar-refractivity contribution in [2.24, 2.45) is 0 Å². The van der Waals surface area contributed by atoms with Crippen molar-refractivity contribution < 1.29 is 9.53 Å². The third kappa shape index (κ3) is 5.71. The summed E-state index contributed by atoms with van der Waals surface area (Å²) in [5.41, 5.74) is 1.21. The molecule has 1 atom stereocenters. The molecule has 0 saturated heterocycles. The number of carbonyl (C=O) groups is 1. The van der Waals surface area contributed by atoms with Crippen LogP contribution in [0.4, 0.5) is 0 Å². The summed E-state index contributed by atoms with van der Waals surface area (Å²) in [6.45, 7) is 8.82. The van der Waals surface area contributed by atoms with Crippen LogP contribution in [0, 0.1) is 0 Å². The molecule has 2 rings (SSSR count). The first-order valence-corrected chi connectivity index (χ1v) is 8.57. The average Bonchev–Trinajstić information content (AvgIpc) is 2.74. The Hall–Kier alpha value is -1.81. The molecule has 0 saturated carbocycles. The number of rotatable bonds is 8. The van der Waals surface area contributed by atoms with Gasteiger partial charge in [0.05, 0.1) is 0 Å². The summed E-state index contributed by atoms with van der Waals surface area (Å²) < 4.78 is 6.21. The van der Waals surface area contributed by atoms with E-state index in [0.29, 0.717) is 13.0 Å². The van der Waals surface area contributed by atoms with Crippen LogP contribution in [-0.4, -0.2) is 36.5 Å². The second-order valence-electron chi connectivity index (χ2n) is 6.07. The van der Waals surface area contributed by atoms with Crippen molar-refractivity contribution >= 4 is 5.91 Å². The molecule has 1 aromatic rings. The van der Waals surface area contributed by atoms with Crippen LogP contribution >= 0.6 is 0 Å². The highest BCUT2D eigenvalue weighted by Crippen LogP contribution is 2.26. The van der Waals surface area contributed by atoms with E-state index in [4.69, 9.17) is 4.74 Å². The maximum absolute atomic E-state index is 11.8. The molecule has 0 spiro atoms. The topological polar surface area (TPSA) is 41.6 Å². The summed E-state index contributed by atoms with van der Waals surface area (Å²) in [6.07, 6.45) is 5.82. The van der Waals surface area contributed by atoms with Gasteiger partial charge < -0.3 is 10.1 Å². The third-order valence-electron chi connectivity index (χ3n) is 4.10. The summed E-state index contributed by atoms with van der Waals surface area (Å²) in [5.74, 6) is 1.07. The van der Waals surface area contributed by atoms with Gasteiger partial charge in [-0.3, -0.25) is 9.69 Å². The van der Waals surface area contributed by atoms with Crippen LogP contribution in [-0.2, 0) is 11.3 Å². The number of amides is 1. The molecule has 0 aromatic heterocycles. The predicted molar refractivity (Wildman–Crippen MR) is 93.5 cm³/mol. The first-order valence-electron chi connectivity index (χ1n) is 8.57. The maximum atomic E-state index is 11.8. The Balaban J connectivity index is 1.97. The molecular formula is C19H28N2O2. The Kier molecular flexibility index (Phi) is 7.14. The molecular weight excluding hydrogens is 288 g/mol. The quantitative estimate of drug-likeness (QED) is 0.749. The van der Waals surface area contributed by atoms with Crippen LogP contribution < -0.4 is 10.1 Å². The van der Waals surface area contributed by atoms with Crippen LogP contribution in [0.15, 0.2) is 36.9 Å². The minimum atomic E-state index is 0.0773. The normalized spacial score (nSPS) is 17.7. The minimum absolute atomic E-state index is 0.0773. The molecule has 1 aromatic carbocycles. The Morgan fingerprint density at radius 3 is 3.09 bits per heavy atom. The fraction of sp³-hybridized carbons (Fsp3) is 0.526. The zero-order chi connectivity index (χ0) is 16.5. The number of benzene rings is 1.